The Morgan fingerprint density at radius 3 is 2.86 bits per heavy atom. The van der Waals surface area contributed by atoms with E-state index in [-0.39, 0.29) is 0 Å². The van der Waals surface area contributed by atoms with Crippen LogP contribution in [0, 0.1) is 6.92 Å². The molecule has 4 heteroatoms. The Morgan fingerprint density at radius 1 is 1.24 bits per heavy atom. The molecule has 0 atom stereocenters. The zero-order chi connectivity index (χ0) is 15.1. The zero-order valence-corrected chi connectivity index (χ0v) is 14.1. The van der Waals surface area contributed by atoms with Gasteiger partial charge in [0, 0.05) is 16.7 Å². The van der Waals surface area contributed by atoms with E-state index in [1.54, 1.807) is 0 Å². The van der Waals surface area contributed by atoms with E-state index in [2.05, 4.69) is 45.3 Å². The molecule has 0 radical (unpaired) electrons. The summed E-state index contributed by atoms with van der Waals surface area (Å²) in [6.07, 6.45) is 1.11. The fraction of sp³-hybridized carbons (Fsp3) is 0.353. The van der Waals surface area contributed by atoms with Crippen LogP contribution in [0.25, 0.3) is 0 Å². The lowest BCUT2D eigenvalue weighted by Gasteiger charge is -2.12. The van der Waals surface area contributed by atoms with Crippen molar-refractivity contribution in [1.29, 1.82) is 0 Å². The Morgan fingerprint density at radius 2 is 2.10 bits per heavy atom. The predicted molar refractivity (Wildman–Crippen MR) is 89.4 cm³/mol. The highest BCUT2D eigenvalue weighted by atomic mass is 79.9. The molecule has 3 nitrogen and oxygen atoms in total. The van der Waals surface area contributed by atoms with Crippen LogP contribution >= 0.6 is 15.9 Å². The third kappa shape index (κ3) is 5.14. The summed E-state index contributed by atoms with van der Waals surface area (Å²) in [6, 6.07) is 12.1. The number of nitrogens with one attached hydrogen (secondary N) is 1. The number of nitrogens with zero attached hydrogens (tertiary/aromatic N) is 1. The molecule has 0 bridgehead atoms. The number of hydrogen-bond donors (Lipinski definition) is 1. The number of pyridine rings is 1. The number of aromatic nitrogens is 1. The second-order valence-corrected chi connectivity index (χ2v) is 5.91. The molecule has 1 aromatic heterocycles. The first-order valence-corrected chi connectivity index (χ1v) is 8.03. The van der Waals surface area contributed by atoms with Crippen LogP contribution in [0.5, 0.6) is 5.75 Å². The minimum Gasteiger partial charge on any atom is -0.487 e. The van der Waals surface area contributed by atoms with Crippen molar-refractivity contribution >= 4 is 15.9 Å². The van der Waals surface area contributed by atoms with Crippen LogP contribution in [0.1, 0.15) is 30.3 Å². The standard InChI is InChI=1S/C17H21BrN2O/c1-3-9-19-11-16-17(8-7-13(2)20-16)21-12-14-5-4-6-15(18)10-14/h4-8,10,19H,3,9,11-12H2,1-2H3. The van der Waals surface area contributed by atoms with Gasteiger partial charge in [0.1, 0.15) is 12.4 Å². The summed E-state index contributed by atoms with van der Waals surface area (Å²) in [7, 11) is 0. The lowest BCUT2D eigenvalue weighted by Crippen LogP contribution is -2.16. The fourth-order valence-corrected chi connectivity index (χ4v) is 2.47. The summed E-state index contributed by atoms with van der Waals surface area (Å²) >= 11 is 3.48. The highest BCUT2D eigenvalue weighted by Crippen LogP contribution is 2.19. The molecule has 0 unspecified atom stereocenters. The predicted octanol–water partition coefficient (Wildman–Crippen LogP) is 4.23. The minimum absolute atomic E-state index is 0.547. The molecule has 0 fully saturated rings. The van der Waals surface area contributed by atoms with Crippen molar-refractivity contribution in [3.05, 3.63) is 57.8 Å². The molecule has 2 rings (SSSR count). The van der Waals surface area contributed by atoms with Crippen molar-refractivity contribution in [2.24, 2.45) is 0 Å². The average molecular weight is 349 g/mol. The monoisotopic (exact) mass is 348 g/mol. The molecule has 0 amide bonds. The lowest BCUT2D eigenvalue weighted by molar-refractivity contribution is 0.300. The third-order valence-electron chi connectivity index (χ3n) is 3.07. The fourth-order valence-electron chi connectivity index (χ4n) is 2.03. The van der Waals surface area contributed by atoms with E-state index in [1.807, 2.05) is 31.2 Å². The lowest BCUT2D eigenvalue weighted by atomic mass is 10.2. The Kier molecular flexibility index (Phi) is 6.21. The minimum atomic E-state index is 0.547. The van der Waals surface area contributed by atoms with Crippen molar-refractivity contribution in [2.45, 2.75) is 33.4 Å². The van der Waals surface area contributed by atoms with Crippen LogP contribution in [0.2, 0.25) is 0 Å². The topological polar surface area (TPSA) is 34.2 Å². The van der Waals surface area contributed by atoms with E-state index < -0.39 is 0 Å². The molecule has 112 valence electrons. The molecule has 0 aliphatic heterocycles. The normalized spacial score (nSPS) is 10.6. The molecule has 1 N–H and O–H groups in total. The average Bonchev–Trinajstić information content (AvgIpc) is 2.47. The molecule has 0 aliphatic rings. The number of benzene rings is 1. The van der Waals surface area contributed by atoms with Crippen LogP contribution < -0.4 is 10.1 Å². The van der Waals surface area contributed by atoms with Crippen molar-refractivity contribution < 1.29 is 4.74 Å². The molecule has 21 heavy (non-hydrogen) atoms. The molecular formula is C17H21BrN2O. The van der Waals surface area contributed by atoms with Crippen LogP contribution in [0.3, 0.4) is 0 Å². The maximum absolute atomic E-state index is 5.94. The molecule has 0 saturated heterocycles. The molecule has 0 aliphatic carbocycles. The van der Waals surface area contributed by atoms with Gasteiger partial charge in [-0.1, -0.05) is 35.0 Å². The van der Waals surface area contributed by atoms with E-state index in [0.717, 1.165) is 46.7 Å². The van der Waals surface area contributed by atoms with E-state index >= 15 is 0 Å². The smallest absolute Gasteiger partial charge is 0.142 e. The second kappa shape index (κ2) is 8.15. The van der Waals surface area contributed by atoms with Crippen LogP contribution in [0.4, 0.5) is 0 Å². The molecular weight excluding hydrogens is 328 g/mol. The molecule has 1 aromatic carbocycles. The van der Waals surface area contributed by atoms with E-state index in [1.165, 1.54) is 0 Å². The summed E-state index contributed by atoms with van der Waals surface area (Å²) in [5.74, 6) is 0.851. The zero-order valence-electron chi connectivity index (χ0n) is 12.5. The number of rotatable bonds is 7. The van der Waals surface area contributed by atoms with Gasteiger partial charge in [-0.3, -0.25) is 4.98 Å². The van der Waals surface area contributed by atoms with Gasteiger partial charge in [-0.2, -0.15) is 0 Å². The van der Waals surface area contributed by atoms with Crippen molar-refractivity contribution in [2.75, 3.05) is 6.54 Å². The Labute approximate surface area is 134 Å². The molecule has 0 spiro atoms. The van der Waals surface area contributed by atoms with Gasteiger partial charge in [0.05, 0.1) is 5.69 Å². The summed E-state index contributed by atoms with van der Waals surface area (Å²) in [4.78, 5) is 4.58. The van der Waals surface area contributed by atoms with Crippen molar-refractivity contribution in [3.8, 4) is 5.75 Å². The first-order chi connectivity index (χ1) is 10.2. The Balaban J connectivity index is 2.04. The van der Waals surface area contributed by atoms with E-state index in [0.29, 0.717) is 6.61 Å². The largest absolute Gasteiger partial charge is 0.487 e. The van der Waals surface area contributed by atoms with Gasteiger partial charge in [-0.15, -0.1) is 0 Å². The maximum Gasteiger partial charge on any atom is 0.142 e. The van der Waals surface area contributed by atoms with E-state index in [4.69, 9.17) is 4.74 Å². The number of halogens is 1. The van der Waals surface area contributed by atoms with Crippen LogP contribution in [0.15, 0.2) is 40.9 Å². The molecule has 1 heterocycles. The second-order valence-electron chi connectivity index (χ2n) is 4.99. The maximum atomic E-state index is 5.94. The van der Waals surface area contributed by atoms with Crippen LogP contribution in [-0.2, 0) is 13.2 Å². The molecule has 2 aromatic rings. The number of aryl methyl sites for hydroxylation is 1. The van der Waals surface area contributed by atoms with Crippen molar-refractivity contribution in [3.63, 3.8) is 0 Å². The van der Waals surface area contributed by atoms with Crippen molar-refractivity contribution in [1.82, 2.24) is 10.3 Å². The van der Waals surface area contributed by atoms with Crippen LogP contribution in [-0.4, -0.2) is 11.5 Å². The van der Waals surface area contributed by atoms with Gasteiger partial charge >= 0.3 is 0 Å². The summed E-state index contributed by atoms with van der Waals surface area (Å²) in [5, 5.41) is 3.38. The SMILES string of the molecule is CCCNCc1nc(C)ccc1OCc1cccc(Br)c1. The van der Waals surface area contributed by atoms with Gasteiger partial charge < -0.3 is 10.1 Å². The summed E-state index contributed by atoms with van der Waals surface area (Å²) in [5.41, 5.74) is 3.12. The first-order valence-electron chi connectivity index (χ1n) is 7.23. The Bertz CT molecular complexity index is 587. The van der Waals surface area contributed by atoms with Gasteiger partial charge in [0.25, 0.3) is 0 Å². The highest BCUT2D eigenvalue weighted by molar-refractivity contribution is 9.10. The van der Waals surface area contributed by atoms with E-state index in [9.17, 15) is 0 Å². The first kappa shape index (κ1) is 16.0. The van der Waals surface area contributed by atoms with Gasteiger partial charge in [0.15, 0.2) is 0 Å². The van der Waals surface area contributed by atoms with Gasteiger partial charge in [0.2, 0.25) is 0 Å². The highest BCUT2D eigenvalue weighted by Gasteiger charge is 2.06. The Hall–Kier alpha value is -1.39. The number of ether oxygens (including phenoxy) is 1. The van der Waals surface area contributed by atoms with Gasteiger partial charge in [-0.05, 0) is 49.7 Å². The third-order valence-corrected chi connectivity index (χ3v) is 3.57. The van der Waals surface area contributed by atoms with Gasteiger partial charge in [-0.25, -0.2) is 0 Å². The summed E-state index contributed by atoms with van der Waals surface area (Å²) in [6.45, 7) is 6.43. The quantitative estimate of drug-likeness (QED) is 0.760. The summed E-state index contributed by atoms with van der Waals surface area (Å²) < 4.78 is 7.01. The molecule has 0 saturated carbocycles. The number of hydrogen-bond acceptors (Lipinski definition) is 3.